The number of oxazole rings is 1. The second kappa shape index (κ2) is 5.32. The lowest BCUT2D eigenvalue weighted by atomic mass is 10.2. The molecule has 5 nitrogen and oxygen atoms in total. The van der Waals surface area contributed by atoms with Gasteiger partial charge in [0.25, 0.3) is 6.01 Å². The number of piperazine rings is 1. The summed E-state index contributed by atoms with van der Waals surface area (Å²) in [4.78, 5) is 9.26. The molecule has 1 saturated heterocycles. The molecule has 0 atom stereocenters. The summed E-state index contributed by atoms with van der Waals surface area (Å²) >= 11 is 0. The van der Waals surface area contributed by atoms with Crippen molar-refractivity contribution < 1.29 is 4.42 Å². The number of nitrogen functional groups attached to an aromatic ring is 1. The third-order valence-corrected chi connectivity index (χ3v) is 3.67. The van der Waals surface area contributed by atoms with Gasteiger partial charge in [0.1, 0.15) is 5.52 Å². The maximum atomic E-state index is 5.82. The van der Waals surface area contributed by atoms with E-state index in [0.29, 0.717) is 5.92 Å². The fraction of sp³-hybridized carbons (Fsp3) is 0.533. The molecule has 0 unspecified atom stereocenters. The molecule has 0 bridgehead atoms. The van der Waals surface area contributed by atoms with E-state index >= 15 is 0 Å². The van der Waals surface area contributed by atoms with Crippen molar-refractivity contribution in [3.05, 3.63) is 18.2 Å². The van der Waals surface area contributed by atoms with Gasteiger partial charge in [-0.2, -0.15) is 4.98 Å². The van der Waals surface area contributed by atoms with Crippen LogP contribution in [0.1, 0.15) is 13.8 Å². The Hall–Kier alpha value is -1.75. The van der Waals surface area contributed by atoms with Gasteiger partial charge in [-0.05, 0) is 24.1 Å². The molecule has 2 heterocycles. The van der Waals surface area contributed by atoms with Crippen molar-refractivity contribution in [2.45, 2.75) is 13.8 Å². The second-order valence-electron chi connectivity index (χ2n) is 5.91. The van der Waals surface area contributed by atoms with Crippen LogP contribution in [0.5, 0.6) is 0 Å². The van der Waals surface area contributed by atoms with Gasteiger partial charge in [0.2, 0.25) is 0 Å². The van der Waals surface area contributed by atoms with E-state index in [1.54, 1.807) is 0 Å². The van der Waals surface area contributed by atoms with Crippen molar-refractivity contribution in [2.24, 2.45) is 5.92 Å². The Kier molecular flexibility index (Phi) is 3.53. The first-order valence-electron chi connectivity index (χ1n) is 7.25. The fourth-order valence-electron chi connectivity index (χ4n) is 2.71. The minimum atomic E-state index is 0.717. The number of aromatic nitrogens is 1. The van der Waals surface area contributed by atoms with E-state index in [-0.39, 0.29) is 0 Å². The summed E-state index contributed by atoms with van der Waals surface area (Å²) in [6.45, 7) is 9.76. The quantitative estimate of drug-likeness (QED) is 0.869. The van der Waals surface area contributed by atoms with Crippen molar-refractivity contribution in [1.82, 2.24) is 9.88 Å². The molecule has 2 N–H and O–H groups in total. The molecule has 1 aromatic carbocycles. The molecular formula is C15H22N4O. The summed E-state index contributed by atoms with van der Waals surface area (Å²) in [5, 5.41) is 0. The molecule has 1 fully saturated rings. The Morgan fingerprint density at radius 3 is 2.70 bits per heavy atom. The smallest absolute Gasteiger partial charge is 0.298 e. The first kappa shape index (κ1) is 13.2. The minimum absolute atomic E-state index is 0.717. The van der Waals surface area contributed by atoms with Crippen molar-refractivity contribution in [1.29, 1.82) is 0 Å². The van der Waals surface area contributed by atoms with Crippen LogP contribution < -0.4 is 10.6 Å². The number of hydrogen-bond acceptors (Lipinski definition) is 5. The third kappa shape index (κ3) is 2.72. The van der Waals surface area contributed by atoms with E-state index in [1.807, 2.05) is 18.2 Å². The van der Waals surface area contributed by atoms with Crippen LogP contribution in [0.4, 0.5) is 11.7 Å². The summed E-state index contributed by atoms with van der Waals surface area (Å²) < 4.78 is 5.82. The molecule has 2 aromatic rings. The van der Waals surface area contributed by atoms with Crippen molar-refractivity contribution in [2.75, 3.05) is 43.4 Å². The number of benzene rings is 1. The number of hydrogen-bond donors (Lipinski definition) is 1. The van der Waals surface area contributed by atoms with E-state index < -0.39 is 0 Å². The van der Waals surface area contributed by atoms with Crippen LogP contribution in [0.3, 0.4) is 0 Å². The predicted molar refractivity (Wildman–Crippen MR) is 81.9 cm³/mol. The van der Waals surface area contributed by atoms with Crippen LogP contribution >= 0.6 is 0 Å². The highest BCUT2D eigenvalue weighted by Crippen LogP contribution is 2.24. The van der Waals surface area contributed by atoms with Crippen molar-refractivity contribution in [3.63, 3.8) is 0 Å². The van der Waals surface area contributed by atoms with Crippen LogP contribution in [-0.4, -0.2) is 42.6 Å². The summed E-state index contributed by atoms with van der Waals surface area (Å²) in [7, 11) is 0. The molecule has 0 radical (unpaired) electrons. The maximum Gasteiger partial charge on any atom is 0.298 e. The first-order chi connectivity index (χ1) is 9.61. The van der Waals surface area contributed by atoms with Gasteiger partial charge < -0.3 is 15.1 Å². The van der Waals surface area contributed by atoms with Gasteiger partial charge in [-0.15, -0.1) is 0 Å². The molecule has 1 aromatic heterocycles. The largest absolute Gasteiger partial charge is 0.423 e. The fourth-order valence-corrected chi connectivity index (χ4v) is 2.71. The number of nitrogens with two attached hydrogens (primary N) is 1. The van der Waals surface area contributed by atoms with E-state index in [1.165, 1.54) is 0 Å². The Balaban J connectivity index is 1.70. The van der Waals surface area contributed by atoms with Gasteiger partial charge in [-0.3, -0.25) is 4.90 Å². The van der Waals surface area contributed by atoms with Gasteiger partial charge >= 0.3 is 0 Å². The van der Waals surface area contributed by atoms with Crippen LogP contribution in [0.2, 0.25) is 0 Å². The molecular weight excluding hydrogens is 252 g/mol. The SMILES string of the molecule is CC(C)CN1CCN(c2nc3cc(N)ccc3o2)CC1. The maximum absolute atomic E-state index is 5.82. The molecule has 3 rings (SSSR count). The third-order valence-electron chi connectivity index (χ3n) is 3.67. The Morgan fingerprint density at radius 2 is 2.00 bits per heavy atom. The number of anilines is 2. The number of nitrogens with zero attached hydrogens (tertiary/aromatic N) is 3. The summed E-state index contributed by atoms with van der Waals surface area (Å²) in [5.41, 5.74) is 8.14. The number of fused-ring (bicyclic) bond motifs is 1. The zero-order chi connectivity index (χ0) is 14.1. The summed E-state index contributed by atoms with van der Waals surface area (Å²) in [6, 6.07) is 6.31. The average Bonchev–Trinajstić information content (AvgIpc) is 2.81. The summed E-state index contributed by atoms with van der Waals surface area (Å²) in [5.74, 6) is 0.717. The molecule has 1 aliphatic rings. The second-order valence-corrected chi connectivity index (χ2v) is 5.91. The highest BCUT2D eigenvalue weighted by molar-refractivity contribution is 5.78. The van der Waals surface area contributed by atoms with E-state index in [9.17, 15) is 0 Å². The molecule has 1 aliphatic heterocycles. The lowest BCUT2D eigenvalue weighted by molar-refractivity contribution is 0.228. The zero-order valence-corrected chi connectivity index (χ0v) is 12.2. The standard InChI is InChI=1S/C15H22N4O/c1-11(2)10-18-5-7-19(8-6-18)15-17-13-9-12(16)3-4-14(13)20-15/h3-4,9,11H,5-8,10,16H2,1-2H3. The van der Waals surface area contributed by atoms with E-state index in [2.05, 4.69) is 28.6 Å². The van der Waals surface area contributed by atoms with Gasteiger partial charge in [0.05, 0.1) is 0 Å². The van der Waals surface area contributed by atoms with Gasteiger partial charge in [0, 0.05) is 38.4 Å². The Morgan fingerprint density at radius 1 is 1.25 bits per heavy atom. The van der Waals surface area contributed by atoms with Gasteiger partial charge in [-0.25, -0.2) is 0 Å². The lowest BCUT2D eigenvalue weighted by Crippen LogP contribution is -2.47. The molecule has 108 valence electrons. The lowest BCUT2D eigenvalue weighted by Gasteiger charge is -2.34. The predicted octanol–water partition coefficient (Wildman–Crippen LogP) is 2.19. The summed E-state index contributed by atoms with van der Waals surface area (Å²) in [6.07, 6.45) is 0. The molecule has 20 heavy (non-hydrogen) atoms. The Bertz CT molecular complexity index is 585. The monoisotopic (exact) mass is 274 g/mol. The van der Waals surface area contributed by atoms with Crippen LogP contribution in [0, 0.1) is 5.92 Å². The number of rotatable bonds is 3. The van der Waals surface area contributed by atoms with Crippen LogP contribution in [0.15, 0.2) is 22.6 Å². The van der Waals surface area contributed by atoms with E-state index in [0.717, 1.165) is 55.5 Å². The topological polar surface area (TPSA) is 58.5 Å². The van der Waals surface area contributed by atoms with Crippen molar-refractivity contribution in [3.8, 4) is 0 Å². The van der Waals surface area contributed by atoms with Gasteiger partial charge in [-0.1, -0.05) is 13.8 Å². The highest BCUT2D eigenvalue weighted by Gasteiger charge is 2.21. The van der Waals surface area contributed by atoms with Crippen LogP contribution in [-0.2, 0) is 0 Å². The van der Waals surface area contributed by atoms with Crippen LogP contribution in [0.25, 0.3) is 11.1 Å². The minimum Gasteiger partial charge on any atom is -0.423 e. The molecule has 5 heteroatoms. The first-order valence-corrected chi connectivity index (χ1v) is 7.25. The average molecular weight is 274 g/mol. The Labute approximate surface area is 119 Å². The van der Waals surface area contributed by atoms with Gasteiger partial charge in [0.15, 0.2) is 5.58 Å². The molecule has 0 aliphatic carbocycles. The molecule has 0 amide bonds. The molecule has 0 saturated carbocycles. The van der Waals surface area contributed by atoms with Crippen molar-refractivity contribution >= 4 is 22.8 Å². The molecule has 0 spiro atoms. The zero-order valence-electron chi connectivity index (χ0n) is 12.2. The van der Waals surface area contributed by atoms with E-state index in [4.69, 9.17) is 10.2 Å². The normalized spacial score (nSPS) is 17.2. The highest BCUT2D eigenvalue weighted by atomic mass is 16.4.